The summed E-state index contributed by atoms with van der Waals surface area (Å²) in [7, 11) is 0. The lowest BCUT2D eigenvalue weighted by Crippen LogP contribution is -2.22. The van der Waals surface area contributed by atoms with Crippen LogP contribution in [0.15, 0.2) is 18.2 Å². The maximum absolute atomic E-state index is 12.2. The zero-order chi connectivity index (χ0) is 17.0. The van der Waals surface area contributed by atoms with Crippen molar-refractivity contribution in [1.29, 1.82) is 0 Å². The Hall–Kier alpha value is -2.68. The molecule has 1 heterocycles. The van der Waals surface area contributed by atoms with Gasteiger partial charge in [0.15, 0.2) is 10.9 Å². The summed E-state index contributed by atoms with van der Waals surface area (Å²) in [6.45, 7) is 4.52. The van der Waals surface area contributed by atoms with E-state index < -0.39 is 10.7 Å². The lowest BCUT2D eigenvalue weighted by molar-refractivity contribution is -0.385. The van der Waals surface area contributed by atoms with Crippen molar-refractivity contribution in [2.45, 2.75) is 20.4 Å². The van der Waals surface area contributed by atoms with Crippen LogP contribution in [0.1, 0.15) is 27.9 Å². The van der Waals surface area contributed by atoms with Crippen molar-refractivity contribution in [3.63, 3.8) is 0 Å². The first-order chi connectivity index (χ1) is 10.9. The predicted octanol–water partition coefficient (Wildman–Crippen LogP) is 2.43. The standard InChI is InChI=1S/C14H16N4O4S/c1-3-15-14-17-8(2)12(23-14)13(20)16-7-9-4-5-11(19)10(6-9)18(21)22/h4-6,19H,3,7H2,1-2H3,(H,15,17)(H,16,20). The molecule has 0 atom stereocenters. The molecule has 0 unspecified atom stereocenters. The highest BCUT2D eigenvalue weighted by molar-refractivity contribution is 7.17. The number of nitro groups is 1. The summed E-state index contributed by atoms with van der Waals surface area (Å²) in [6, 6.07) is 3.99. The van der Waals surface area contributed by atoms with Gasteiger partial charge in [0.05, 0.1) is 10.6 Å². The lowest BCUT2D eigenvalue weighted by atomic mass is 10.2. The zero-order valence-electron chi connectivity index (χ0n) is 12.6. The van der Waals surface area contributed by atoms with Gasteiger partial charge in [-0.15, -0.1) is 0 Å². The number of nitrogens with one attached hydrogen (secondary N) is 2. The first-order valence-electron chi connectivity index (χ1n) is 6.88. The number of carbonyl (C=O) groups is 1. The Bertz CT molecular complexity index is 744. The Morgan fingerprint density at radius 1 is 1.48 bits per heavy atom. The van der Waals surface area contributed by atoms with Crippen LogP contribution in [0.4, 0.5) is 10.8 Å². The van der Waals surface area contributed by atoms with E-state index in [4.69, 9.17) is 0 Å². The Morgan fingerprint density at radius 2 is 2.22 bits per heavy atom. The van der Waals surface area contributed by atoms with Crippen LogP contribution in [-0.2, 0) is 6.54 Å². The minimum absolute atomic E-state index is 0.119. The lowest BCUT2D eigenvalue weighted by Gasteiger charge is -2.05. The van der Waals surface area contributed by atoms with Gasteiger partial charge in [0.2, 0.25) is 0 Å². The Morgan fingerprint density at radius 3 is 2.87 bits per heavy atom. The van der Waals surface area contributed by atoms with E-state index in [0.29, 0.717) is 27.8 Å². The average Bonchev–Trinajstić information content (AvgIpc) is 2.87. The second-order valence-corrected chi connectivity index (χ2v) is 5.73. The van der Waals surface area contributed by atoms with Crippen LogP contribution in [0, 0.1) is 17.0 Å². The molecule has 2 aromatic rings. The van der Waals surface area contributed by atoms with Gasteiger partial charge in [-0.2, -0.15) is 0 Å². The van der Waals surface area contributed by atoms with Crippen molar-refractivity contribution in [1.82, 2.24) is 10.3 Å². The SMILES string of the molecule is CCNc1nc(C)c(C(=O)NCc2ccc(O)c([N+](=O)[O-])c2)s1. The van der Waals surface area contributed by atoms with Gasteiger partial charge >= 0.3 is 5.69 Å². The quantitative estimate of drug-likeness (QED) is 0.551. The van der Waals surface area contributed by atoms with Crippen molar-refractivity contribution in [3.05, 3.63) is 44.4 Å². The average molecular weight is 336 g/mol. The molecule has 0 radical (unpaired) electrons. The molecule has 0 bridgehead atoms. The highest BCUT2D eigenvalue weighted by Gasteiger charge is 2.17. The highest BCUT2D eigenvalue weighted by Crippen LogP contribution is 2.26. The molecule has 0 aliphatic rings. The zero-order valence-corrected chi connectivity index (χ0v) is 13.4. The van der Waals surface area contributed by atoms with Crippen molar-refractivity contribution < 1.29 is 14.8 Å². The molecule has 1 amide bonds. The summed E-state index contributed by atoms with van der Waals surface area (Å²) >= 11 is 1.26. The maximum Gasteiger partial charge on any atom is 0.311 e. The first-order valence-corrected chi connectivity index (χ1v) is 7.69. The number of nitro benzene ring substituents is 1. The number of phenols is 1. The summed E-state index contributed by atoms with van der Waals surface area (Å²) in [4.78, 5) is 27.1. The fourth-order valence-corrected chi connectivity index (χ4v) is 2.87. The van der Waals surface area contributed by atoms with Crippen molar-refractivity contribution in [3.8, 4) is 5.75 Å². The fourth-order valence-electron chi connectivity index (χ4n) is 1.92. The summed E-state index contributed by atoms with van der Waals surface area (Å²) in [6.07, 6.45) is 0. The monoisotopic (exact) mass is 336 g/mol. The smallest absolute Gasteiger partial charge is 0.311 e. The predicted molar refractivity (Wildman–Crippen MR) is 86.9 cm³/mol. The third-order valence-electron chi connectivity index (χ3n) is 3.02. The minimum Gasteiger partial charge on any atom is -0.502 e. The number of anilines is 1. The summed E-state index contributed by atoms with van der Waals surface area (Å²) in [5.41, 5.74) is 0.761. The third-order valence-corrected chi connectivity index (χ3v) is 4.13. The van der Waals surface area contributed by atoms with Crippen molar-refractivity contribution in [2.24, 2.45) is 0 Å². The Kier molecular flexibility index (Phi) is 5.12. The fraction of sp³-hybridized carbons (Fsp3) is 0.286. The molecule has 0 saturated heterocycles. The summed E-state index contributed by atoms with van der Waals surface area (Å²) < 4.78 is 0. The molecule has 23 heavy (non-hydrogen) atoms. The van der Waals surface area contributed by atoms with Crippen molar-refractivity contribution in [2.75, 3.05) is 11.9 Å². The van der Waals surface area contributed by atoms with E-state index in [-0.39, 0.29) is 18.1 Å². The van der Waals surface area contributed by atoms with Crippen LogP contribution in [0.3, 0.4) is 0 Å². The molecule has 2 rings (SSSR count). The van der Waals surface area contributed by atoms with E-state index >= 15 is 0 Å². The molecule has 8 nitrogen and oxygen atoms in total. The van der Waals surface area contributed by atoms with E-state index in [9.17, 15) is 20.0 Å². The molecule has 0 spiro atoms. The number of aromatic hydroxyl groups is 1. The number of thiazole rings is 1. The van der Waals surface area contributed by atoms with Crippen LogP contribution in [0.5, 0.6) is 5.75 Å². The molecule has 122 valence electrons. The van der Waals surface area contributed by atoms with Crippen LogP contribution < -0.4 is 10.6 Å². The third kappa shape index (κ3) is 3.95. The topological polar surface area (TPSA) is 117 Å². The summed E-state index contributed by atoms with van der Waals surface area (Å²) in [5.74, 6) is -0.696. The largest absolute Gasteiger partial charge is 0.502 e. The molecule has 0 aliphatic carbocycles. The van der Waals surface area contributed by atoms with Crippen LogP contribution >= 0.6 is 11.3 Å². The van der Waals surface area contributed by atoms with Gasteiger partial charge in [0.25, 0.3) is 5.91 Å². The highest BCUT2D eigenvalue weighted by atomic mass is 32.1. The number of phenolic OH excluding ortho intramolecular Hbond substituents is 1. The van der Waals surface area contributed by atoms with Gasteiger partial charge in [-0.3, -0.25) is 14.9 Å². The van der Waals surface area contributed by atoms with Gasteiger partial charge in [-0.1, -0.05) is 17.4 Å². The van der Waals surface area contributed by atoms with Gasteiger partial charge < -0.3 is 15.7 Å². The molecular weight excluding hydrogens is 320 g/mol. The maximum atomic E-state index is 12.2. The Labute approximate surface area is 136 Å². The molecule has 3 N–H and O–H groups in total. The van der Waals surface area contributed by atoms with E-state index in [1.165, 1.54) is 29.5 Å². The number of aryl methyl sites for hydroxylation is 1. The number of nitrogens with zero attached hydrogens (tertiary/aromatic N) is 2. The molecule has 0 saturated carbocycles. The molecule has 0 fully saturated rings. The molecular formula is C14H16N4O4S. The number of amides is 1. The second kappa shape index (κ2) is 7.05. The van der Waals surface area contributed by atoms with Crippen LogP contribution in [0.25, 0.3) is 0 Å². The number of rotatable bonds is 6. The van der Waals surface area contributed by atoms with E-state index in [1.807, 2.05) is 6.92 Å². The van der Waals surface area contributed by atoms with Crippen LogP contribution in [0.2, 0.25) is 0 Å². The van der Waals surface area contributed by atoms with Gasteiger partial charge in [0.1, 0.15) is 4.88 Å². The van der Waals surface area contributed by atoms with Crippen LogP contribution in [-0.4, -0.2) is 27.5 Å². The number of carbonyl (C=O) groups excluding carboxylic acids is 1. The van der Waals surface area contributed by atoms with Gasteiger partial charge in [-0.05, 0) is 25.5 Å². The molecule has 1 aromatic carbocycles. The Balaban J connectivity index is 2.07. The normalized spacial score (nSPS) is 10.3. The number of benzene rings is 1. The van der Waals surface area contributed by atoms with E-state index in [1.54, 1.807) is 6.92 Å². The van der Waals surface area contributed by atoms with Gasteiger partial charge in [0, 0.05) is 19.2 Å². The summed E-state index contributed by atoms with van der Waals surface area (Å²) in [5, 5.41) is 26.6. The number of hydrogen-bond donors (Lipinski definition) is 3. The molecule has 0 aliphatic heterocycles. The number of aromatic nitrogens is 1. The minimum atomic E-state index is -0.670. The molecule has 9 heteroatoms. The number of hydrogen-bond acceptors (Lipinski definition) is 7. The first kappa shape index (κ1) is 16.7. The van der Waals surface area contributed by atoms with Gasteiger partial charge in [-0.25, -0.2) is 4.98 Å². The molecule has 1 aromatic heterocycles. The second-order valence-electron chi connectivity index (χ2n) is 4.73. The van der Waals surface area contributed by atoms with E-state index in [0.717, 1.165) is 0 Å². The van der Waals surface area contributed by atoms with E-state index in [2.05, 4.69) is 15.6 Å². The van der Waals surface area contributed by atoms with Crippen molar-refractivity contribution >= 4 is 28.1 Å².